The van der Waals surface area contributed by atoms with Crippen molar-refractivity contribution in [2.75, 3.05) is 0 Å². The number of nitrogens with zero attached hydrogens (tertiary/aromatic N) is 1. The molecule has 0 aliphatic heterocycles. The molecule has 51 heavy (non-hydrogen) atoms. The summed E-state index contributed by atoms with van der Waals surface area (Å²) in [5, 5.41) is 7.79. The topological polar surface area (TPSA) is 4.93 Å². The lowest BCUT2D eigenvalue weighted by atomic mass is 9.97. The van der Waals surface area contributed by atoms with Crippen molar-refractivity contribution in [2.45, 2.75) is 0 Å². The summed E-state index contributed by atoms with van der Waals surface area (Å²) < 4.78 is 7.78. The van der Waals surface area contributed by atoms with E-state index in [0.29, 0.717) is 0 Å². The number of hydrogen-bond donors (Lipinski definition) is 0. The molecule has 0 fully saturated rings. The molecule has 0 spiro atoms. The van der Waals surface area contributed by atoms with E-state index in [1.807, 2.05) is 22.7 Å². The lowest BCUT2D eigenvalue weighted by molar-refractivity contribution is 1.19. The Labute approximate surface area is 302 Å². The fourth-order valence-electron chi connectivity index (χ4n) is 7.99. The van der Waals surface area contributed by atoms with Crippen LogP contribution in [0, 0.1) is 0 Å². The van der Waals surface area contributed by atoms with Crippen molar-refractivity contribution in [3.05, 3.63) is 176 Å². The van der Waals surface area contributed by atoms with Crippen LogP contribution in [0.4, 0.5) is 0 Å². The molecule has 0 unspecified atom stereocenters. The largest absolute Gasteiger partial charge is 0.309 e. The zero-order valence-corrected chi connectivity index (χ0v) is 29.1. The van der Waals surface area contributed by atoms with Crippen LogP contribution in [0.5, 0.6) is 0 Å². The first-order valence-electron chi connectivity index (χ1n) is 17.3. The minimum absolute atomic E-state index is 1.18. The molecule has 8 aromatic carbocycles. The van der Waals surface area contributed by atoms with Gasteiger partial charge in [0.25, 0.3) is 0 Å². The predicted octanol–water partition coefficient (Wildman–Crippen LogP) is 14.5. The van der Waals surface area contributed by atoms with Crippen molar-refractivity contribution in [3.63, 3.8) is 0 Å². The average Bonchev–Trinajstić information content (AvgIpc) is 3.87. The van der Waals surface area contributed by atoms with E-state index in [-0.39, 0.29) is 0 Å². The van der Waals surface area contributed by atoms with Crippen LogP contribution in [-0.4, -0.2) is 4.57 Å². The third-order valence-electron chi connectivity index (χ3n) is 10.4. The minimum Gasteiger partial charge on any atom is -0.309 e. The lowest BCUT2D eigenvalue weighted by Crippen LogP contribution is -1.95. The van der Waals surface area contributed by atoms with Crippen LogP contribution in [0.25, 0.3) is 101 Å². The first-order valence-corrected chi connectivity index (χ1v) is 19.0. The molecule has 11 rings (SSSR count). The van der Waals surface area contributed by atoms with Gasteiger partial charge in [0.15, 0.2) is 0 Å². The van der Waals surface area contributed by atoms with Gasteiger partial charge in [-0.3, -0.25) is 0 Å². The summed E-state index contributed by atoms with van der Waals surface area (Å²) in [6.45, 7) is 0. The molecule has 0 radical (unpaired) electrons. The van der Waals surface area contributed by atoms with Crippen molar-refractivity contribution in [2.24, 2.45) is 0 Å². The van der Waals surface area contributed by atoms with Gasteiger partial charge in [-0.1, -0.05) is 115 Å². The van der Waals surface area contributed by atoms with Crippen LogP contribution in [0.1, 0.15) is 0 Å². The SMILES string of the molecule is c1ccc(-c2cccc(-c3cc(-n4c5ccccc5c5cc(-c6ccc7sc8ccccc8c7c6)ccc54)cc4c3sc3ccccc34)c2)cc1. The van der Waals surface area contributed by atoms with Gasteiger partial charge in [0.1, 0.15) is 0 Å². The van der Waals surface area contributed by atoms with E-state index in [9.17, 15) is 0 Å². The monoisotopic (exact) mass is 683 g/mol. The molecule has 3 aromatic heterocycles. The van der Waals surface area contributed by atoms with E-state index >= 15 is 0 Å². The summed E-state index contributed by atoms with van der Waals surface area (Å²) >= 11 is 3.76. The standard InChI is InChI=1S/C48H29NS2/c1-2-11-30(12-3-1)31-13-10-14-34(25-31)39-28-35(29-42-38-17-6-9-20-46(38)51-48(39)42)49-43-18-7-4-15-36(43)40-26-32(21-23-44(40)49)33-22-24-47-41(27-33)37-16-5-8-19-45(37)50-47/h1-29H. The Hall–Kier alpha value is -6.00. The molecule has 0 aliphatic rings. The maximum absolute atomic E-state index is 2.47. The quantitative estimate of drug-likeness (QED) is 0.174. The van der Waals surface area contributed by atoms with Gasteiger partial charge < -0.3 is 4.57 Å². The predicted molar refractivity (Wildman–Crippen MR) is 223 cm³/mol. The van der Waals surface area contributed by atoms with Crippen molar-refractivity contribution in [1.82, 2.24) is 4.57 Å². The van der Waals surface area contributed by atoms with Gasteiger partial charge in [-0.05, 0) is 88.5 Å². The molecule has 0 N–H and O–H groups in total. The Morgan fingerprint density at radius 2 is 0.902 bits per heavy atom. The van der Waals surface area contributed by atoms with Crippen LogP contribution in [0.15, 0.2) is 176 Å². The number of fused-ring (bicyclic) bond motifs is 9. The molecule has 3 heteroatoms. The Morgan fingerprint density at radius 1 is 0.314 bits per heavy atom. The van der Waals surface area contributed by atoms with Crippen LogP contribution >= 0.6 is 22.7 Å². The van der Waals surface area contributed by atoms with Crippen molar-refractivity contribution >= 4 is 84.8 Å². The van der Waals surface area contributed by atoms with Gasteiger partial charge in [0.05, 0.1) is 11.0 Å². The number of para-hydroxylation sites is 1. The van der Waals surface area contributed by atoms with E-state index < -0.39 is 0 Å². The van der Waals surface area contributed by atoms with E-state index in [4.69, 9.17) is 0 Å². The summed E-state index contributed by atoms with van der Waals surface area (Å²) in [6.07, 6.45) is 0. The molecular weight excluding hydrogens is 655 g/mol. The van der Waals surface area contributed by atoms with Crippen molar-refractivity contribution in [1.29, 1.82) is 0 Å². The van der Waals surface area contributed by atoms with Crippen LogP contribution < -0.4 is 0 Å². The zero-order valence-electron chi connectivity index (χ0n) is 27.5. The smallest absolute Gasteiger partial charge is 0.0541 e. The zero-order chi connectivity index (χ0) is 33.5. The first kappa shape index (κ1) is 28.8. The third kappa shape index (κ3) is 4.52. The first-order chi connectivity index (χ1) is 25.3. The highest BCUT2D eigenvalue weighted by Gasteiger charge is 2.18. The van der Waals surface area contributed by atoms with E-state index in [0.717, 1.165) is 0 Å². The summed E-state index contributed by atoms with van der Waals surface area (Å²) in [4.78, 5) is 0. The molecule has 0 bridgehead atoms. The molecule has 0 saturated carbocycles. The Morgan fingerprint density at radius 3 is 1.75 bits per heavy atom. The molecular formula is C48H29NS2. The molecule has 0 amide bonds. The molecule has 1 nitrogen and oxygen atoms in total. The summed E-state index contributed by atoms with van der Waals surface area (Å²) in [7, 11) is 0. The lowest BCUT2D eigenvalue weighted by Gasteiger charge is -2.13. The second-order valence-electron chi connectivity index (χ2n) is 13.3. The van der Waals surface area contributed by atoms with Gasteiger partial charge in [0.2, 0.25) is 0 Å². The van der Waals surface area contributed by atoms with Gasteiger partial charge in [0, 0.05) is 62.4 Å². The van der Waals surface area contributed by atoms with Crippen LogP contribution in [0.2, 0.25) is 0 Å². The van der Waals surface area contributed by atoms with Crippen LogP contribution in [0.3, 0.4) is 0 Å². The van der Waals surface area contributed by atoms with E-state index in [1.54, 1.807) is 0 Å². The van der Waals surface area contributed by atoms with Gasteiger partial charge in [-0.2, -0.15) is 0 Å². The summed E-state index contributed by atoms with van der Waals surface area (Å²) in [5.74, 6) is 0. The molecule has 0 saturated heterocycles. The number of thiophene rings is 2. The van der Waals surface area contributed by atoms with E-state index in [1.165, 1.54) is 101 Å². The normalized spacial score (nSPS) is 11.9. The fourth-order valence-corrected chi connectivity index (χ4v) is 10.3. The third-order valence-corrected chi connectivity index (χ3v) is 12.8. The number of aromatic nitrogens is 1. The minimum atomic E-state index is 1.18. The maximum Gasteiger partial charge on any atom is 0.0541 e. The van der Waals surface area contributed by atoms with Crippen LogP contribution in [-0.2, 0) is 0 Å². The number of rotatable bonds is 4. The van der Waals surface area contributed by atoms with Gasteiger partial charge >= 0.3 is 0 Å². The average molecular weight is 684 g/mol. The Kier molecular flexibility index (Phi) is 6.36. The summed E-state index contributed by atoms with van der Waals surface area (Å²) in [6, 6.07) is 65.0. The second kappa shape index (κ2) is 11.3. The summed E-state index contributed by atoms with van der Waals surface area (Å²) in [5.41, 5.74) is 11.0. The number of benzene rings is 8. The molecule has 0 atom stereocenters. The highest BCUT2D eigenvalue weighted by Crippen LogP contribution is 2.44. The second-order valence-corrected chi connectivity index (χ2v) is 15.4. The molecule has 238 valence electrons. The van der Waals surface area contributed by atoms with Gasteiger partial charge in [-0.25, -0.2) is 0 Å². The Balaban J connectivity index is 1.15. The maximum atomic E-state index is 2.47. The highest BCUT2D eigenvalue weighted by molar-refractivity contribution is 7.26. The molecule has 3 heterocycles. The number of hydrogen-bond acceptors (Lipinski definition) is 2. The van der Waals surface area contributed by atoms with Gasteiger partial charge in [-0.15, -0.1) is 22.7 Å². The molecule has 0 aliphatic carbocycles. The highest BCUT2D eigenvalue weighted by atomic mass is 32.1. The molecule has 11 aromatic rings. The van der Waals surface area contributed by atoms with E-state index in [2.05, 4.69) is 180 Å². The fraction of sp³-hybridized carbons (Fsp3) is 0. The Bertz CT molecular complexity index is 3140. The van der Waals surface area contributed by atoms with Crippen molar-refractivity contribution in [3.8, 4) is 39.1 Å². The van der Waals surface area contributed by atoms with Crippen molar-refractivity contribution < 1.29 is 0 Å².